The lowest BCUT2D eigenvalue weighted by Gasteiger charge is -2.22. The van der Waals surface area contributed by atoms with Gasteiger partial charge in [0.1, 0.15) is 0 Å². The summed E-state index contributed by atoms with van der Waals surface area (Å²) in [6, 6.07) is -0.0547. The van der Waals surface area contributed by atoms with Gasteiger partial charge in [-0.05, 0) is 25.3 Å². The van der Waals surface area contributed by atoms with Crippen molar-refractivity contribution in [2.24, 2.45) is 5.92 Å². The molecule has 0 amide bonds. The first-order valence-corrected chi connectivity index (χ1v) is 7.67. The van der Waals surface area contributed by atoms with Gasteiger partial charge in [-0.1, -0.05) is 0 Å². The van der Waals surface area contributed by atoms with Crippen molar-refractivity contribution < 1.29 is 21.6 Å². The van der Waals surface area contributed by atoms with Crippen molar-refractivity contribution in [3.8, 4) is 0 Å². The van der Waals surface area contributed by atoms with Crippen LogP contribution in [0.1, 0.15) is 19.3 Å². The molecular formula is C10H17F3N2O2S. The maximum absolute atomic E-state index is 12.0. The van der Waals surface area contributed by atoms with E-state index in [2.05, 4.69) is 5.32 Å². The Morgan fingerprint density at radius 3 is 2.67 bits per heavy atom. The fourth-order valence-electron chi connectivity index (χ4n) is 2.73. The summed E-state index contributed by atoms with van der Waals surface area (Å²) in [7, 11) is -3.54. The molecule has 0 spiro atoms. The monoisotopic (exact) mass is 286 g/mol. The van der Waals surface area contributed by atoms with Crippen molar-refractivity contribution in [1.29, 1.82) is 0 Å². The predicted molar refractivity (Wildman–Crippen MR) is 60.5 cm³/mol. The summed E-state index contributed by atoms with van der Waals surface area (Å²) in [5.41, 5.74) is 0. The molecule has 2 atom stereocenters. The molecule has 0 aliphatic carbocycles. The smallest absolute Gasteiger partial charge is 0.315 e. The highest BCUT2D eigenvalue weighted by molar-refractivity contribution is 7.89. The van der Waals surface area contributed by atoms with Crippen molar-refractivity contribution >= 4 is 10.0 Å². The summed E-state index contributed by atoms with van der Waals surface area (Å²) in [4.78, 5) is 0. The summed E-state index contributed by atoms with van der Waals surface area (Å²) < 4.78 is 61.4. The Hall–Kier alpha value is -0.340. The second kappa shape index (κ2) is 4.97. The molecule has 2 rings (SSSR count). The van der Waals surface area contributed by atoms with Crippen LogP contribution in [0.5, 0.6) is 0 Å². The predicted octanol–water partition coefficient (Wildman–Crippen LogP) is 0.952. The van der Waals surface area contributed by atoms with E-state index in [1.807, 2.05) is 0 Å². The standard InChI is InChI=1S/C10H17F3N2O2S/c11-10(12,13)3-1-5-18(16,17)15-4-2-8-6-14-7-9(8)15/h8-9,14H,1-7H2/t8-,9+/m0/s1. The molecule has 4 nitrogen and oxygen atoms in total. The molecule has 0 aromatic carbocycles. The third-order valence-electron chi connectivity index (χ3n) is 3.61. The van der Waals surface area contributed by atoms with E-state index in [4.69, 9.17) is 0 Å². The second-order valence-corrected chi connectivity index (χ2v) is 6.96. The van der Waals surface area contributed by atoms with E-state index < -0.39 is 28.4 Å². The quantitative estimate of drug-likeness (QED) is 0.837. The van der Waals surface area contributed by atoms with Crippen LogP contribution in [0.3, 0.4) is 0 Å². The van der Waals surface area contributed by atoms with Crippen LogP contribution in [-0.2, 0) is 10.0 Å². The minimum Gasteiger partial charge on any atom is -0.315 e. The molecule has 0 radical (unpaired) electrons. The number of hydrogen-bond donors (Lipinski definition) is 1. The van der Waals surface area contributed by atoms with Crippen molar-refractivity contribution in [1.82, 2.24) is 9.62 Å². The number of sulfonamides is 1. The zero-order valence-electron chi connectivity index (χ0n) is 9.91. The van der Waals surface area contributed by atoms with Crippen LogP contribution >= 0.6 is 0 Å². The van der Waals surface area contributed by atoms with Crippen LogP contribution in [0.15, 0.2) is 0 Å². The maximum Gasteiger partial charge on any atom is 0.389 e. The van der Waals surface area contributed by atoms with Crippen molar-refractivity contribution in [2.45, 2.75) is 31.5 Å². The van der Waals surface area contributed by atoms with E-state index in [1.165, 1.54) is 4.31 Å². The molecule has 1 N–H and O–H groups in total. The Balaban J connectivity index is 1.91. The Labute approximate surface area is 105 Å². The molecule has 2 aliphatic rings. The van der Waals surface area contributed by atoms with Gasteiger partial charge in [0.25, 0.3) is 0 Å². The van der Waals surface area contributed by atoms with E-state index >= 15 is 0 Å². The van der Waals surface area contributed by atoms with Gasteiger partial charge in [0.15, 0.2) is 0 Å². The third-order valence-corrected chi connectivity index (χ3v) is 5.59. The molecule has 2 aliphatic heterocycles. The summed E-state index contributed by atoms with van der Waals surface area (Å²) in [6.07, 6.45) is -4.87. The number of halogens is 3. The van der Waals surface area contributed by atoms with Crippen molar-refractivity contribution in [2.75, 3.05) is 25.4 Å². The van der Waals surface area contributed by atoms with Crippen molar-refractivity contribution in [3.63, 3.8) is 0 Å². The van der Waals surface area contributed by atoms with Crippen molar-refractivity contribution in [3.05, 3.63) is 0 Å². The first kappa shape index (κ1) is 14.1. The van der Waals surface area contributed by atoms with Gasteiger partial charge in [-0.3, -0.25) is 0 Å². The SMILES string of the molecule is O=S(=O)(CCCC(F)(F)F)N1CC[C@H]2CNC[C@H]21. The van der Waals surface area contributed by atoms with Crippen LogP contribution in [0, 0.1) is 5.92 Å². The molecule has 0 aromatic rings. The fourth-order valence-corrected chi connectivity index (χ4v) is 4.51. The molecule has 0 saturated carbocycles. The van der Waals surface area contributed by atoms with Gasteiger partial charge < -0.3 is 5.32 Å². The van der Waals surface area contributed by atoms with Gasteiger partial charge in [0, 0.05) is 25.6 Å². The first-order chi connectivity index (χ1) is 8.30. The first-order valence-electron chi connectivity index (χ1n) is 6.06. The average molecular weight is 286 g/mol. The van der Waals surface area contributed by atoms with E-state index in [-0.39, 0.29) is 12.5 Å². The third kappa shape index (κ3) is 3.16. The molecule has 18 heavy (non-hydrogen) atoms. The highest BCUT2D eigenvalue weighted by Gasteiger charge is 2.43. The summed E-state index contributed by atoms with van der Waals surface area (Å²) in [5, 5.41) is 3.12. The normalized spacial score (nSPS) is 29.7. The lowest BCUT2D eigenvalue weighted by molar-refractivity contribution is -0.134. The van der Waals surface area contributed by atoms with Crippen LogP contribution < -0.4 is 5.32 Å². The number of fused-ring (bicyclic) bond motifs is 1. The summed E-state index contributed by atoms with van der Waals surface area (Å²) in [5.74, 6) is -0.0854. The van der Waals surface area contributed by atoms with E-state index in [0.29, 0.717) is 19.0 Å². The molecule has 0 aromatic heterocycles. The van der Waals surface area contributed by atoms with E-state index in [0.717, 1.165) is 13.0 Å². The zero-order chi connectivity index (χ0) is 13.4. The van der Waals surface area contributed by atoms with Gasteiger partial charge >= 0.3 is 6.18 Å². The Morgan fingerprint density at radius 1 is 1.28 bits per heavy atom. The summed E-state index contributed by atoms with van der Waals surface area (Å²) in [6.45, 7) is 1.87. The van der Waals surface area contributed by atoms with Crippen LogP contribution in [0.2, 0.25) is 0 Å². The largest absolute Gasteiger partial charge is 0.389 e. The topological polar surface area (TPSA) is 49.4 Å². The zero-order valence-corrected chi connectivity index (χ0v) is 10.7. The second-order valence-electron chi connectivity index (χ2n) is 4.92. The molecule has 2 heterocycles. The molecule has 0 bridgehead atoms. The fraction of sp³-hybridized carbons (Fsp3) is 1.00. The Morgan fingerprint density at radius 2 is 2.00 bits per heavy atom. The maximum atomic E-state index is 12.0. The molecule has 106 valence electrons. The molecule has 2 saturated heterocycles. The molecule has 0 unspecified atom stereocenters. The number of alkyl halides is 3. The lowest BCUT2D eigenvalue weighted by atomic mass is 10.1. The lowest BCUT2D eigenvalue weighted by Crippen LogP contribution is -2.40. The number of nitrogens with zero attached hydrogens (tertiary/aromatic N) is 1. The minimum absolute atomic E-state index is 0.0547. The molecule has 8 heteroatoms. The van der Waals surface area contributed by atoms with Gasteiger partial charge in [-0.15, -0.1) is 0 Å². The molecule has 2 fully saturated rings. The summed E-state index contributed by atoms with van der Waals surface area (Å²) >= 11 is 0. The van der Waals surface area contributed by atoms with Gasteiger partial charge in [0.2, 0.25) is 10.0 Å². The molecular weight excluding hydrogens is 269 g/mol. The van der Waals surface area contributed by atoms with Crippen LogP contribution in [0.4, 0.5) is 13.2 Å². The average Bonchev–Trinajstić information content (AvgIpc) is 2.73. The Bertz CT molecular complexity index is 396. The van der Waals surface area contributed by atoms with Crippen LogP contribution in [-0.4, -0.2) is 50.3 Å². The number of nitrogens with one attached hydrogen (secondary N) is 1. The number of hydrogen-bond acceptors (Lipinski definition) is 3. The van der Waals surface area contributed by atoms with Gasteiger partial charge in [-0.2, -0.15) is 17.5 Å². The van der Waals surface area contributed by atoms with Gasteiger partial charge in [-0.25, -0.2) is 8.42 Å². The highest BCUT2D eigenvalue weighted by atomic mass is 32.2. The van der Waals surface area contributed by atoms with Crippen LogP contribution in [0.25, 0.3) is 0 Å². The van der Waals surface area contributed by atoms with E-state index in [1.54, 1.807) is 0 Å². The minimum atomic E-state index is -4.28. The van der Waals surface area contributed by atoms with Gasteiger partial charge in [0.05, 0.1) is 5.75 Å². The number of rotatable bonds is 4. The Kier molecular flexibility index (Phi) is 3.89. The highest BCUT2D eigenvalue weighted by Crippen LogP contribution is 2.30. The van der Waals surface area contributed by atoms with E-state index in [9.17, 15) is 21.6 Å².